The number of nitrogens with zero attached hydrogens (tertiary/aromatic N) is 2. The maximum Gasteiger partial charge on any atom is 0.243 e. The average molecular weight is 525 g/mol. The molecule has 36 heavy (non-hydrogen) atoms. The Morgan fingerprint density at radius 3 is 2.36 bits per heavy atom. The Kier molecular flexibility index (Phi) is 7.19. The molecule has 6 nitrogen and oxygen atoms in total. The van der Waals surface area contributed by atoms with Crippen molar-refractivity contribution in [2.75, 3.05) is 26.2 Å². The van der Waals surface area contributed by atoms with Crippen LogP contribution in [0.2, 0.25) is 0 Å². The van der Waals surface area contributed by atoms with Crippen LogP contribution in [0.25, 0.3) is 0 Å². The van der Waals surface area contributed by atoms with E-state index in [1.807, 2.05) is 43.0 Å². The van der Waals surface area contributed by atoms with Crippen LogP contribution in [0.4, 0.5) is 0 Å². The number of fused-ring (bicyclic) bond motifs is 1. The van der Waals surface area contributed by atoms with E-state index >= 15 is 0 Å². The second-order valence-corrected chi connectivity index (χ2v) is 12.8. The summed E-state index contributed by atoms with van der Waals surface area (Å²) in [5.41, 5.74) is 3.25. The van der Waals surface area contributed by atoms with E-state index in [1.165, 1.54) is 9.18 Å². The Morgan fingerprint density at radius 1 is 1.03 bits per heavy atom. The highest BCUT2D eigenvalue weighted by molar-refractivity contribution is 7.89. The minimum absolute atomic E-state index is 0.160. The van der Waals surface area contributed by atoms with Gasteiger partial charge in [0.05, 0.1) is 17.5 Å². The van der Waals surface area contributed by atoms with Gasteiger partial charge in [-0.2, -0.15) is 4.31 Å². The number of carbonyl (C=O) groups is 1. The van der Waals surface area contributed by atoms with Crippen LogP contribution in [0.3, 0.4) is 0 Å². The molecule has 8 heteroatoms. The Bertz CT molecular complexity index is 1310. The summed E-state index contributed by atoms with van der Waals surface area (Å²) < 4.78 is 34.6. The molecule has 2 aliphatic rings. The van der Waals surface area contributed by atoms with Crippen molar-refractivity contribution in [1.82, 2.24) is 9.21 Å². The number of hydrogen-bond acceptors (Lipinski definition) is 5. The van der Waals surface area contributed by atoms with Crippen LogP contribution in [-0.2, 0) is 21.2 Å². The fourth-order valence-electron chi connectivity index (χ4n) is 4.62. The van der Waals surface area contributed by atoms with Crippen molar-refractivity contribution in [2.24, 2.45) is 5.92 Å². The molecular weight excluding hydrogens is 492 g/mol. The van der Waals surface area contributed by atoms with Crippen LogP contribution in [0.15, 0.2) is 64.9 Å². The third-order valence-corrected chi connectivity index (χ3v) is 9.80. The van der Waals surface area contributed by atoms with Crippen LogP contribution in [0.1, 0.15) is 40.5 Å². The van der Waals surface area contributed by atoms with E-state index in [4.69, 9.17) is 4.74 Å². The van der Waals surface area contributed by atoms with Gasteiger partial charge in [0.2, 0.25) is 15.9 Å². The predicted molar refractivity (Wildman–Crippen MR) is 142 cm³/mol. The van der Waals surface area contributed by atoms with Crippen LogP contribution in [0, 0.1) is 19.8 Å². The Labute approximate surface area is 217 Å². The largest absolute Gasteiger partial charge is 0.491 e. The molecule has 0 bridgehead atoms. The zero-order chi connectivity index (χ0) is 25.3. The standard InChI is InChI=1S/C28H32N2O4S2/c1-20-3-9-23(10-4-20)34-19-26-25-14-16-35-27(25)13-15-30(26)28(31)18-29(17-22-7-8-22)36(32,33)24-11-5-21(2)6-12-24/h3-6,9-12,14,16,22,26H,7-8,13,15,17-19H2,1-2H3/t26-/m0/s1. The molecule has 1 aliphatic heterocycles. The summed E-state index contributed by atoms with van der Waals surface area (Å²) in [4.78, 5) is 17.0. The van der Waals surface area contributed by atoms with Gasteiger partial charge in [-0.1, -0.05) is 35.4 Å². The molecule has 190 valence electrons. The number of sulfonamides is 1. The molecule has 1 fully saturated rings. The van der Waals surface area contributed by atoms with Gasteiger partial charge in [-0.3, -0.25) is 4.79 Å². The highest BCUT2D eigenvalue weighted by atomic mass is 32.2. The number of benzene rings is 2. The van der Waals surface area contributed by atoms with Gasteiger partial charge in [-0.25, -0.2) is 8.42 Å². The first kappa shape index (κ1) is 25.0. The molecule has 0 spiro atoms. The molecule has 3 aromatic rings. The average Bonchev–Trinajstić information content (AvgIpc) is 3.55. The summed E-state index contributed by atoms with van der Waals surface area (Å²) in [5, 5.41) is 2.05. The molecule has 1 aliphatic carbocycles. The zero-order valence-corrected chi connectivity index (χ0v) is 22.4. The van der Waals surface area contributed by atoms with E-state index in [0.29, 0.717) is 25.6 Å². The Morgan fingerprint density at radius 2 is 1.69 bits per heavy atom. The van der Waals surface area contributed by atoms with Crippen molar-refractivity contribution in [3.05, 3.63) is 81.5 Å². The number of thiophene rings is 1. The Hall–Kier alpha value is -2.68. The van der Waals surface area contributed by atoms with Crippen molar-refractivity contribution in [3.63, 3.8) is 0 Å². The molecule has 1 saturated carbocycles. The monoisotopic (exact) mass is 524 g/mol. The quantitative estimate of drug-likeness (QED) is 0.396. The maximum atomic E-state index is 13.7. The van der Waals surface area contributed by atoms with Gasteiger partial charge in [0.1, 0.15) is 12.4 Å². The second kappa shape index (κ2) is 10.4. The summed E-state index contributed by atoms with van der Waals surface area (Å²) in [7, 11) is -3.78. The van der Waals surface area contributed by atoms with Gasteiger partial charge >= 0.3 is 0 Å². The molecule has 2 aromatic carbocycles. The number of hydrogen-bond donors (Lipinski definition) is 0. The molecule has 1 atom stereocenters. The lowest BCUT2D eigenvalue weighted by Crippen LogP contribution is -2.48. The number of aryl methyl sites for hydroxylation is 2. The molecule has 0 N–H and O–H groups in total. The first-order valence-corrected chi connectivity index (χ1v) is 14.8. The fourth-order valence-corrected chi connectivity index (χ4v) is 7.02. The van der Waals surface area contributed by atoms with Gasteiger partial charge in [-0.15, -0.1) is 11.3 Å². The van der Waals surface area contributed by atoms with Crippen molar-refractivity contribution in [3.8, 4) is 5.75 Å². The van der Waals surface area contributed by atoms with Crippen LogP contribution in [0.5, 0.6) is 5.75 Å². The minimum atomic E-state index is -3.78. The third kappa shape index (κ3) is 5.51. The normalized spacial score (nSPS) is 17.8. The third-order valence-electron chi connectivity index (χ3n) is 6.97. The summed E-state index contributed by atoms with van der Waals surface area (Å²) >= 11 is 1.70. The summed E-state index contributed by atoms with van der Waals surface area (Å²) in [6.45, 7) is 5.05. The molecule has 1 aromatic heterocycles. The fraction of sp³-hybridized carbons (Fsp3) is 0.393. The predicted octanol–water partition coefficient (Wildman–Crippen LogP) is 4.97. The molecule has 5 rings (SSSR count). The summed E-state index contributed by atoms with van der Waals surface area (Å²) in [5.74, 6) is 0.900. The first-order valence-electron chi connectivity index (χ1n) is 12.4. The van der Waals surface area contributed by atoms with E-state index in [-0.39, 0.29) is 23.4 Å². The number of ether oxygens (including phenoxy) is 1. The lowest BCUT2D eigenvalue weighted by molar-refractivity contribution is -0.135. The lowest BCUT2D eigenvalue weighted by atomic mass is 10.0. The number of amides is 1. The van der Waals surface area contributed by atoms with Crippen LogP contribution in [-0.4, -0.2) is 49.8 Å². The highest BCUT2D eigenvalue weighted by Crippen LogP contribution is 2.35. The van der Waals surface area contributed by atoms with Crippen molar-refractivity contribution in [1.29, 1.82) is 0 Å². The van der Waals surface area contributed by atoms with Gasteiger partial charge in [-0.05, 0) is 80.3 Å². The Balaban J connectivity index is 1.37. The molecule has 1 amide bonds. The van der Waals surface area contributed by atoms with Gasteiger partial charge in [0.15, 0.2) is 0 Å². The second-order valence-electron chi connectivity index (χ2n) is 9.83. The van der Waals surface area contributed by atoms with Crippen LogP contribution < -0.4 is 4.74 Å². The first-order chi connectivity index (χ1) is 17.3. The van der Waals surface area contributed by atoms with Gasteiger partial charge in [0.25, 0.3) is 0 Å². The SMILES string of the molecule is Cc1ccc(OC[C@H]2c3ccsc3CCN2C(=O)CN(CC2CC2)S(=O)(=O)c2ccc(C)cc2)cc1. The lowest BCUT2D eigenvalue weighted by Gasteiger charge is -2.37. The molecule has 0 saturated heterocycles. The van der Waals surface area contributed by atoms with Crippen molar-refractivity contribution >= 4 is 27.3 Å². The van der Waals surface area contributed by atoms with Crippen molar-refractivity contribution < 1.29 is 17.9 Å². The molecule has 0 unspecified atom stereocenters. The topological polar surface area (TPSA) is 66.9 Å². The molecular formula is C28H32N2O4S2. The van der Waals surface area contributed by atoms with E-state index < -0.39 is 10.0 Å². The smallest absolute Gasteiger partial charge is 0.243 e. The number of rotatable bonds is 9. The summed E-state index contributed by atoms with van der Waals surface area (Å²) in [6, 6.07) is 16.5. The van der Waals surface area contributed by atoms with Gasteiger partial charge in [0, 0.05) is 18.0 Å². The molecule has 2 heterocycles. The van der Waals surface area contributed by atoms with Crippen LogP contribution >= 0.6 is 11.3 Å². The molecule has 0 radical (unpaired) electrons. The minimum Gasteiger partial charge on any atom is -0.491 e. The van der Waals surface area contributed by atoms with Gasteiger partial charge < -0.3 is 9.64 Å². The maximum absolute atomic E-state index is 13.7. The van der Waals surface area contributed by atoms with E-state index in [2.05, 4.69) is 11.4 Å². The van der Waals surface area contributed by atoms with Crippen molar-refractivity contribution in [2.45, 2.75) is 44.0 Å². The number of carbonyl (C=O) groups excluding carboxylic acids is 1. The van der Waals surface area contributed by atoms with E-state index in [1.54, 1.807) is 35.6 Å². The van der Waals surface area contributed by atoms with E-state index in [9.17, 15) is 13.2 Å². The zero-order valence-electron chi connectivity index (χ0n) is 20.7. The summed E-state index contributed by atoms with van der Waals surface area (Å²) in [6.07, 6.45) is 2.78. The van der Waals surface area contributed by atoms with E-state index in [0.717, 1.165) is 41.7 Å². The highest BCUT2D eigenvalue weighted by Gasteiger charge is 2.37.